The molecule has 1 aromatic heterocycles. The summed E-state index contributed by atoms with van der Waals surface area (Å²) in [6, 6.07) is 1.26. The van der Waals surface area contributed by atoms with Gasteiger partial charge in [-0.25, -0.2) is 13.8 Å². The van der Waals surface area contributed by atoms with E-state index in [1.807, 2.05) is 0 Å². The van der Waals surface area contributed by atoms with Crippen LogP contribution in [0.2, 0.25) is 5.15 Å². The fraction of sp³-hybridized carbons (Fsp3) is 0.286. The molecule has 0 radical (unpaired) electrons. The van der Waals surface area contributed by atoms with E-state index in [2.05, 4.69) is 4.98 Å². The van der Waals surface area contributed by atoms with Crippen molar-refractivity contribution in [1.29, 1.82) is 0 Å². The molecule has 0 spiro atoms. The number of alkyl halides is 3. The first-order valence-electron chi connectivity index (χ1n) is 3.13. The zero-order valence-electron chi connectivity index (χ0n) is 5.90. The molecule has 0 aliphatic heterocycles. The Kier molecular flexibility index (Phi) is 3.23. The molecule has 0 saturated carbocycles. The molecule has 12 heavy (non-hydrogen) atoms. The topological polar surface area (TPSA) is 12.9 Å². The summed E-state index contributed by atoms with van der Waals surface area (Å²) in [6.45, 7) is 0. The smallest absolute Gasteiger partial charge is 0.244 e. The van der Waals surface area contributed by atoms with Gasteiger partial charge in [0.05, 0.1) is 5.88 Å². The van der Waals surface area contributed by atoms with Gasteiger partial charge in [0, 0.05) is 17.3 Å². The van der Waals surface area contributed by atoms with Gasteiger partial charge in [-0.2, -0.15) is 0 Å². The molecule has 0 fully saturated rings. The van der Waals surface area contributed by atoms with E-state index in [1.165, 1.54) is 6.07 Å². The summed E-state index contributed by atoms with van der Waals surface area (Å²) in [7, 11) is 0. The summed E-state index contributed by atoms with van der Waals surface area (Å²) >= 11 is 11.0. The fourth-order valence-electron chi connectivity index (χ4n) is 0.725. The molecule has 0 N–H and O–H groups in total. The zero-order valence-corrected chi connectivity index (χ0v) is 7.41. The normalized spacial score (nSPS) is 10.8. The van der Waals surface area contributed by atoms with E-state index in [1.54, 1.807) is 0 Å². The van der Waals surface area contributed by atoms with Crippen LogP contribution in [0, 0.1) is 0 Å². The molecule has 0 saturated heterocycles. The van der Waals surface area contributed by atoms with E-state index >= 15 is 0 Å². The zero-order chi connectivity index (χ0) is 9.14. The molecule has 0 aliphatic rings. The van der Waals surface area contributed by atoms with Crippen LogP contribution in [0.5, 0.6) is 0 Å². The molecule has 0 amide bonds. The largest absolute Gasteiger partial charge is 0.265 e. The minimum Gasteiger partial charge on any atom is -0.244 e. The van der Waals surface area contributed by atoms with Crippen LogP contribution in [0.25, 0.3) is 0 Å². The summed E-state index contributed by atoms with van der Waals surface area (Å²) in [4.78, 5) is 3.57. The fourth-order valence-corrected chi connectivity index (χ4v) is 1.17. The first-order valence-corrected chi connectivity index (χ1v) is 4.05. The van der Waals surface area contributed by atoms with Gasteiger partial charge in [0.15, 0.2) is 0 Å². The second-order valence-corrected chi connectivity index (χ2v) is 2.78. The summed E-state index contributed by atoms with van der Waals surface area (Å²) in [5, 5.41) is 0.175. The van der Waals surface area contributed by atoms with Crippen molar-refractivity contribution in [3.05, 3.63) is 28.5 Å². The van der Waals surface area contributed by atoms with Crippen LogP contribution < -0.4 is 0 Å². The minimum absolute atomic E-state index is 0.0897. The van der Waals surface area contributed by atoms with Gasteiger partial charge in [-0.3, -0.25) is 0 Å². The van der Waals surface area contributed by atoms with E-state index in [0.717, 1.165) is 6.20 Å². The maximum absolute atomic E-state index is 12.1. The van der Waals surface area contributed by atoms with E-state index in [9.17, 15) is 8.78 Å². The summed E-state index contributed by atoms with van der Waals surface area (Å²) in [5.41, 5.74) is 0.270. The van der Waals surface area contributed by atoms with Crippen molar-refractivity contribution in [3.63, 3.8) is 0 Å². The SMILES string of the molecule is FC(F)c1cnc(Cl)c(CCl)c1. The molecule has 0 unspecified atom stereocenters. The monoisotopic (exact) mass is 211 g/mol. The Labute approximate surface area is 78.3 Å². The summed E-state index contributed by atoms with van der Waals surface area (Å²) in [6.07, 6.45) is -1.49. The lowest BCUT2D eigenvalue weighted by molar-refractivity contribution is 0.151. The van der Waals surface area contributed by atoms with Gasteiger partial charge < -0.3 is 0 Å². The lowest BCUT2D eigenvalue weighted by atomic mass is 10.2. The van der Waals surface area contributed by atoms with Gasteiger partial charge in [0.25, 0.3) is 6.43 Å². The molecule has 0 aliphatic carbocycles. The van der Waals surface area contributed by atoms with Crippen LogP contribution in [0.3, 0.4) is 0 Å². The average Bonchev–Trinajstić information content (AvgIpc) is 2.05. The van der Waals surface area contributed by atoms with Crippen LogP contribution in [0.15, 0.2) is 12.3 Å². The Balaban J connectivity index is 3.05. The molecular weight excluding hydrogens is 207 g/mol. The third-order valence-electron chi connectivity index (χ3n) is 1.33. The van der Waals surface area contributed by atoms with Gasteiger partial charge in [0.1, 0.15) is 5.15 Å². The highest BCUT2D eigenvalue weighted by Gasteiger charge is 2.09. The quantitative estimate of drug-likeness (QED) is 0.540. The van der Waals surface area contributed by atoms with Crippen molar-refractivity contribution in [2.45, 2.75) is 12.3 Å². The van der Waals surface area contributed by atoms with E-state index in [-0.39, 0.29) is 16.6 Å². The predicted octanol–water partition coefficient (Wildman–Crippen LogP) is 3.41. The highest BCUT2D eigenvalue weighted by molar-refractivity contribution is 6.31. The van der Waals surface area contributed by atoms with Crippen LogP contribution >= 0.6 is 23.2 Å². The summed E-state index contributed by atoms with van der Waals surface area (Å²) < 4.78 is 24.2. The molecule has 0 atom stereocenters. The van der Waals surface area contributed by atoms with Crippen LogP contribution in [0.1, 0.15) is 17.6 Å². The third kappa shape index (κ3) is 2.05. The predicted molar refractivity (Wildman–Crippen MR) is 43.8 cm³/mol. The number of rotatable bonds is 2. The van der Waals surface area contributed by atoms with Crippen LogP contribution in [-0.4, -0.2) is 4.98 Å². The van der Waals surface area contributed by atoms with Crippen molar-refractivity contribution < 1.29 is 8.78 Å². The molecule has 1 nitrogen and oxygen atoms in total. The number of hydrogen-bond acceptors (Lipinski definition) is 1. The van der Waals surface area contributed by atoms with Gasteiger partial charge in [-0.05, 0) is 6.07 Å². The standard InChI is InChI=1S/C7H5Cl2F2N/c8-2-4-1-5(7(10)11)3-12-6(4)9/h1,3,7H,2H2. The molecule has 1 aromatic rings. The van der Waals surface area contributed by atoms with Crippen LogP contribution in [0.4, 0.5) is 8.78 Å². The first-order chi connectivity index (χ1) is 5.65. The Bertz CT molecular complexity index is 278. The third-order valence-corrected chi connectivity index (χ3v) is 1.96. The second kappa shape index (κ2) is 4.01. The van der Waals surface area contributed by atoms with Crippen molar-refractivity contribution in [2.24, 2.45) is 0 Å². The van der Waals surface area contributed by atoms with Gasteiger partial charge in [0.2, 0.25) is 0 Å². The maximum atomic E-state index is 12.1. The second-order valence-electron chi connectivity index (χ2n) is 2.15. The van der Waals surface area contributed by atoms with E-state index in [4.69, 9.17) is 23.2 Å². The lowest BCUT2D eigenvalue weighted by Gasteiger charge is -2.02. The molecule has 66 valence electrons. The van der Waals surface area contributed by atoms with Gasteiger partial charge in [-0.15, -0.1) is 11.6 Å². The highest BCUT2D eigenvalue weighted by atomic mass is 35.5. The van der Waals surface area contributed by atoms with Crippen molar-refractivity contribution in [3.8, 4) is 0 Å². The molecule has 5 heteroatoms. The number of halogens is 4. The number of pyridine rings is 1. The average molecular weight is 212 g/mol. The van der Waals surface area contributed by atoms with Crippen molar-refractivity contribution >= 4 is 23.2 Å². The maximum Gasteiger partial charge on any atom is 0.265 e. The van der Waals surface area contributed by atoms with Crippen LogP contribution in [-0.2, 0) is 5.88 Å². The Hall–Kier alpha value is -0.410. The number of hydrogen-bond donors (Lipinski definition) is 0. The Morgan fingerprint density at radius 1 is 1.50 bits per heavy atom. The first kappa shape index (κ1) is 9.68. The van der Waals surface area contributed by atoms with Crippen molar-refractivity contribution in [2.75, 3.05) is 0 Å². The van der Waals surface area contributed by atoms with E-state index in [0.29, 0.717) is 5.56 Å². The van der Waals surface area contributed by atoms with Gasteiger partial charge in [-0.1, -0.05) is 11.6 Å². The highest BCUT2D eigenvalue weighted by Crippen LogP contribution is 2.23. The van der Waals surface area contributed by atoms with E-state index < -0.39 is 6.43 Å². The molecule has 0 aromatic carbocycles. The Morgan fingerprint density at radius 3 is 2.67 bits per heavy atom. The lowest BCUT2D eigenvalue weighted by Crippen LogP contribution is -1.91. The summed E-state index contributed by atoms with van der Waals surface area (Å²) in [5.74, 6) is 0.0897. The van der Waals surface area contributed by atoms with Gasteiger partial charge >= 0.3 is 0 Å². The number of aromatic nitrogens is 1. The molecular formula is C7H5Cl2F2N. The molecule has 1 heterocycles. The van der Waals surface area contributed by atoms with Crippen molar-refractivity contribution in [1.82, 2.24) is 4.98 Å². The minimum atomic E-state index is -2.53. The Morgan fingerprint density at radius 2 is 2.17 bits per heavy atom. The molecule has 0 bridgehead atoms. The molecule has 1 rings (SSSR count). The number of nitrogens with zero attached hydrogens (tertiary/aromatic N) is 1.